The second kappa shape index (κ2) is 5.00. The first-order valence-corrected chi connectivity index (χ1v) is 7.06. The minimum Gasteiger partial charge on any atom is -0.399 e. The molecule has 3 aromatic heterocycles. The molecule has 4 aromatic rings. The first kappa shape index (κ1) is 12.6. The van der Waals surface area contributed by atoms with E-state index in [1.54, 1.807) is 6.20 Å². The third-order valence-electron chi connectivity index (χ3n) is 3.68. The lowest BCUT2D eigenvalue weighted by molar-refractivity contribution is 1.19. The van der Waals surface area contributed by atoms with E-state index in [0.717, 1.165) is 33.8 Å². The molecule has 22 heavy (non-hydrogen) atoms. The molecular formula is C18H14N4. The summed E-state index contributed by atoms with van der Waals surface area (Å²) in [6, 6.07) is 17.8. The van der Waals surface area contributed by atoms with Crippen LogP contribution < -0.4 is 5.73 Å². The number of nitrogen functional groups attached to an aromatic ring is 1. The van der Waals surface area contributed by atoms with E-state index < -0.39 is 0 Å². The van der Waals surface area contributed by atoms with Gasteiger partial charge in [-0.3, -0.25) is 9.38 Å². The second-order valence-corrected chi connectivity index (χ2v) is 5.12. The average molecular weight is 286 g/mol. The van der Waals surface area contributed by atoms with Crippen LogP contribution in [-0.2, 0) is 0 Å². The van der Waals surface area contributed by atoms with E-state index in [4.69, 9.17) is 5.73 Å². The summed E-state index contributed by atoms with van der Waals surface area (Å²) in [7, 11) is 0. The Bertz CT molecular complexity index is 924. The van der Waals surface area contributed by atoms with E-state index in [0.29, 0.717) is 0 Å². The molecular weight excluding hydrogens is 272 g/mol. The topological polar surface area (TPSA) is 56.2 Å². The van der Waals surface area contributed by atoms with Crippen LogP contribution in [0.5, 0.6) is 0 Å². The van der Waals surface area contributed by atoms with Crippen LogP contribution in [0.1, 0.15) is 0 Å². The summed E-state index contributed by atoms with van der Waals surface area (Å²) in [5, 5.41) is 0. The van der Waals surface area contributed by atoms with Crippen LogP contribution in [0.25, 0.3) is 28.2 Å². The van der Waals surface area contributed by atoms with Crippen LogP contribution in [0, 0.1) is 0 Å². The summed E-state index contributed by atoms with van der Waals surface area (Å²) in [6.45, 7) is 0. The highest BCUT2D eigenvalue weighted by molar-refractivity contribution is 5.69. The fraction of sp³-hybridized carbons (Fsp3) is 0. The SMILES string of the molecule is Nc1ccc(-c2cnc3cc(-c4ccccn4)ccn23)cc1. The highest BCUT2D eigenvalue weighted by atomic mass is 15.0. The maximum Gasteiger partial charge on any atom is 0.137 e. The molecule has 0 bridgehead atoms. The Hall–Kier alpha value is -3.14. The van der Waals surface area contributed by atoms with Gasteiger partial charge in [-0.25, -0.2) is 4.98 Å². The van der Waals surface area contributed by atoms with Crippen molar-refractivity contribution in [2.75, 3.05) is 5.73 Å². The van der Waals surface area contributed by atoms with Gasteiger partial charge in [-0.2, -0.15) is 0 Å². The largest absolute Gasteiger partial charge is 0.399 e. The molecule has 1 aromatic carbocycles. The maximum absolute atomic E-state index is 5.75. The number of hydrogen-bond donors (Lipinski definition) is 1. The van der Waals surface area contributed by atoms with Gasteiger partial charge < -0.3 is 5.73 Å². The molecule has 106 valence electrons. The third kappa shape index (κ3) is 2.11. The van der Waals surface area contributed by atoms with Crippen molar-refractivity contribution in [2.24, 2.45) is 0 Å². The van der Waals surface area contributed by atoms with Gasteiger partial charge in [0, 0.05) is 29.2 Å². The predicted molar refractivity (Wildman–Crippen MR) is 88.3 cm³/mol. The summed E-state index contributed by atoms with van der Waals surface area (Å²) in [5.74, 6) is 0. The molecule has 0 unspecified atom stereocenters. The number of fused-ring (bicyclic) bond motifs is 1. The number of imidazole rings is 1. The van der Waals surface area contributed by atoms with Crippen molar-refractivity contribution in [3.05, 3.63) is 73.2 Å². The smallest absolute Gasteiger partial charge is 0.137 e. The van der Waals surface area contributed by atoms with E-state index in [9.17, 15) is 0 Å². The van der Waals surface area contributed by atoms with Crippen LogP contribution in [0.3, 0.4) is 0 Å². The summed E-state index contributed by atoms with van der Waals surface area (Å²) in [6.07, 6.45) is 5.70. The number of aromatic nitrogens is 3. The Morgan fingerprint density at radius 3 is 2.50 bits per heavy atom. The third-order valence-corrected chi connectivity index (χ3v) is 3.68. The number of rotatable bonds is 2. The quantitative estimate of drug-likeness (QED) is 0.572. The van der Waals surface area contributed by atoms with Crippen molar-refractivity contribution in [2.45, 2.75) is 0 Å². The van der Waals surface area contributed by atoms with Crippen molar-refractivity contribution in [1.82, 2.24) is 14.4 Å². The molecule has 4 heteroatoms. The summed E-state index contributed by atoms with van der Waals surface area (Å²) in [4.78, 5) is 8.89. The van der Waals surface area contributed by atoms with Crippen LogP contribution in [0.2, 0.25) is 0 Å². The van der Waals surface area contributed by atoms with Crippen LogP contribution in [0.4, 0.5) is 5.69 Å². The molecule has 0 aliphatic heterocycles. The van der Waals surface area contributed by atoms with Gasteiger partial charge in [0.2, 0.25) is 0 Å². The molecule has 2 N–H and O–H groups in total. The van der Waals surface area contributed by atoms with Gasteiger partial charge >= 0.3 is 0 Å². The highest BCUT2D eigenvalue weighted by Gasteiger charge is 2.07. The van der Waals surface area contributed by atoms with Crippen molar-refractivity contribution in [1.29, 1.82) is 0 Å². The molecule has 0 atom stereocenters. The van der Waals surface area contributed by atoms with Gasteiger partial charge in [0.15, 0.2) is 0 Å². The normalized spacial score (nSPS) is 10.9. The maximum atomic E-state index is 5.75. The Labute approximate surface area is 127 Å². The molecule has 3 heterocycles. The van der Waals surface area contributed by atoms with E-state index >= 15 is 0 Å². The van der Waals surface area contributed by atoms with Gasteiger partial charge in [-0.15, -0.1) is 0 Å². The Kier molecular flexibility index (Phi) is 2.86. The molecule has 0 aliphatic carbocycles. The zero-order valence-electron chi connectivity index (χ0n) is 11.8. The van der Waals surface area contributed by atoms with Crippen LogP contribution >= 0.6 is 0 Å². The Morgan fingerprint density at radius 2 is 1.73 bits per heavy atom. The second-order valence-electron chi connectivity index (χ2n) is 5.12. The number of nitrogens with two attached hydrogens (primary N) is 1. The minimum atomic E-state index is 0.759. The predicted octanol–water partition coefficient (Wildman–Crippen LogP) is 3.65. The van der Waals surface area contributed by atoms with E-state index in [-0.39, 0.29) is 0 Å². The van der Waals surface area contributed by atoms with Gasteiger partial charge in [0.05, 0.1) is 17.6 Å². The summed E-state index contributed by atoms with van der Waals surface area (Å²) >= 11 is 0. The Morgan fingerprint density at radius 1 is 0.864 bits per heavy atom. The lowest BCUT2D eigenvalue weighted by atomic mass is 10.1. The van der Waals surface area contributed by atoms with Crippen molar-refractivity contribution >= 4 is 11.3 Å². The summed E-state index contributed by atoms with van der Waals surface area (Å²) in [5.41, 5.74) is 11.5. The highest BCUT2D eigenvalue weighted by Crippen LogP contribution is 2.24. The molecule has 0 radical (unpaired) electrons. The van der Waals surface area contributed by atoms with Crippen molar-refractivity contribution < 1.29 is 0 Å². The van der Waals surface area contributed by atoms with Crippen LogP contribution in [0.15, 0.2) is 73.2 Å². The summed E-state index contributed by atoms with van der Waals surface area (Å²) < 4.78 is 2.07. The molecule has 0 spiro atoms. The van der Waals surface area contributed by atoms with Crippen molar-refractivity contribution in [3.63, 3.8) is 0 Å². The number of hydrogen-bond acceptors (Lipinski definition) is 3. The number of anilines is 1. The van der Waals surface area contributed by atoms with E-state index in [1.165, 1.54) is 0 Å². The fourth-order valence-electron chi connectivity index (χ4n) is 2.54. The average Bonchev–Trinajstić information content (AvgIpc) is 2.99. The monoisotopic (exact) mass is 286 g/mol. The Balaban J connectivity index is 1.82. The molecule has 0 fully saturated rings. The molecule has 0 saturated carbocycles. The van der Waals surface area contributed by atoms with Crippen molar-refractivity contribution in [3.8, 4) is 22.5 Å². The van der Waals surface area contributed by atoms with Gasteiger partial charge in [0.1, 0.15) is 5.65 Å². The minimum absolute atomic E-state index is 0.759. The lowest BCUT2D eigenvalue weighted by Gasteiger charge is -2.05. The van der Waals surface area contributed by atoms with E-state index in [1.807, 2.05) is 60.9 Å². The number of pyridine rings is 2. The molecule has 0 amide bonds. The standard InChI is InChI=1S/C18H14N4/c19-15-6-4-13(5-7-15)17-12-21-18-11-14(8-10-22(17)18)16-3-1-2-9-20-16/h1-12H,19H2. The zero-order valence-corrected chi connectivity index (χ0v) is 11.8. The number of benzene rings is 1. The van der Waals surface area contributed by atoms with E-state index in [2.05, 4.69) is 20.4 Å². The first-order valence-electron chi connectivity index (χ1n) is 7.06. The molecule has 4 rings (SSSR count). The molecule has 0 saturated heterocycles. The van der Waals surface area contributed by atoms with Gasteiger partial charge in [0.25, 0.3) is 0 Å². The van der Waals surface area contributed by atoms with Gasteiger partial charge in [-0.05, 0) is 36.4 Å². The molecule has 0 aliphatic rings. The zero-order chi connectivity index (χ0) is 14.9. The molecule has 4 nitrogen and oxygen atoms in total. The number of nitrogens with zero attached hydrogens (tertiary/aromatic N) is 3. The van der Waals surface area contributed by atoms with Gasteiger partial charge in [-0.1, -0.05) is 18.2 Å². The van der Waals surface area contributed by atoms with Crippen LogP contribution in [-0.4, -0.2) is 14.4 Å². The fourth-order valence-corrected chi connectivity index (χ4v) is 2.54. The lowest BCUT2D eigenvalue weighted by Crippen LogP contribution is -1.90. The first-order chi connectivity index (χ1) is 10.8.